The van der Waals surface area contributed by atoms with Gasteiger partial charge >= 0.3 is 12.1 Å². The number of nitrogens with one attached hydrogen (secondary N) is 1. The number of anilines is 1. The molecule has 12 heteroatoms. The number of nitrogen functional groups attached to an aromatic ring is 1. The van der Waals surface area contributed by atoms with Crippen LogP contribution in [0.4, 0.5) is 23.4 Å². The molecule has 0 bridgehead atoms. The molecule has 0 aliphatic rings. The van der Waals surface area contributed by atoms with Crippen LogP contribution in [0.5, 0.6) is 11.5 Å². The van der Waals surface area contributed by atoms with E-state index in [4.69, 9.17) is 10.5 Å². The van der Waals surface area contributed by atoms with Gasteiger partial charge in [-0.2, -0.15) is 18.3 Å². The predicted molar refractivity (Wildman–Crippen MR) is 115 cm³/mol. The molecule has 0 saturated heterocycles. The zero-order chi connectivity index (χ0) is 24.5. The van der Waals surface area contributed by atoms with Crippen molar-refractivity contribution in [1.82, 2.24) is 25.1 Å². The lowest BCUT2D eigenvalue weighted by Crippen LogP contribution is -2.43. The van der Waals surface area contributed by atoms with Gasteiger partial charge in [-0.25, -0.2) is 19.0 Å². The van der Waals surface area contributed by atoms with Gasteiger partial charge in [0.15, 0.2) is 5.65 Å². The highest BCUT2D eigenvalue weighted by atomic mass is 19.4. The van der Waals surface area contributed by atoms with Gasteiger partial charge in [0.25, 0.3) is 0 Å². The van der Waals surface area contributed by atoms with Crippen LogP contribution in [-0.4, -0.2) is 37.9 Å². The molecule has 34 heavy (non-hydrogen) atoms. The second-order valence-corrected chi connectivity index (χ2v) is 7.42. The normalized spacial score (nSPS) is 12.5. The van der Waals surface area contributed by atoms with E-state index in [9.17, 15) is 18.0 Å². The van der Waals surface area contributed by atoms with Crippen LogP contribution < -0.4 is 15.8 Å². The fourth-order valence-corrected chi connectivity index (χ4v) is 3.33. The maximum atomic E-state index is 15.1. The van der Waals surface area contributed by atoms with E-state index in [1.54, 1.807) is 30.3 Å². The van der Waals surface area contributed by atoms with Crippen molar-refractivity contribution in [3.8, 4) is 22.8 Å². The van der Waals surface area contributed by atoms with Gasteiger partial charge in [-0.3, -0.25) is 4.79 Å². The highest BCUT2D eigenvalue weighted by Gasteiger charge is 2.39. The molecule has 8 nitrogen and oxygen atoms in total. The molecule has 3 N–H and O–H groups in total. The highest BCUT2D eigenvalue weighted by Crippen LogP contribution is 2.34. The Balaban J connectivity index is 1.67. The van der Waals surface area contributed by atoms with E-state index in [2.05, 4.69) is 15.1 Å². The van der Waals surface area contributed by atoms with E-state index in [0.29, 0.717) is 5.75 Å². The number of carbonyl (C=O) groups excluding carboxylic acids is 1. The fourth-order valence-electron chi connectivity index (χ4n) is 3.33. The lowest BCUT2D eigenvalue weighted by Gasteiger charge is -2.15. The largest absolute Gasteiger partial charge is 0.471 e. The number of nitrogens with zero attached hydrogens (tertiary/aromatic N) is 4. The minimum absolute atomic E-state index is 0.0160. The Hall–Kier alpha value is -4.22. The molecule has 0 unspecified atom stereocenters. The third kappa shape index (κ3) is 4.75. The number of hydrogen-bond donors (Lipinski definition) is 2. The average Bonchev–Trinajstić information content (AvgIpc) is 3.13. The minimum Gasteiger partial charge on any atom is -0.457 e. The van der Waals surface area contributed by atoms with E-state index in [0.717, 1.165) is 6.33 Å². The molecule has 2 aromatic carbocycles. The molecule has 0 radical (unpaired) electrons. The number of halogens is 4. The monoisotopic (exact) mass is 474 g/mol. The number of alkyl halides is 3. The minimum atomic E-state index is -5.02. The van der Waals surface area contributed by atoms with Gasteiger partial charge in [0, 0.05) is 17.7 Å². The van der Waals surface area contributed by atoms with Gasteiger partial charge in [-0.1, -0.05) is 18.2 Å². The summed E-state index contributed by atoms with van der Waals surface area (Å²) in [6, 6.07) is 12.0. The Morgan fingerprint density at radius 3 is 2.56 bits per heavy atom. The second kappa shape index (κ2) is 8.96. The van der Waals surface area contributed by atoms with E-state index in [1.165, 1.54) is 23.7 Å². The molecule has 1 amide bonds. The zero-order valence-corrected chi connectivity index (χ0v) is 17.7. The summed E-state index contributed by atoms with van der Waals surface area (Å²) >= 11 is 0. The van der Waals surface area contributed by atoms with E-state index < -0.39 is 23.9 Å². The zero-order valence-electron chi connectivity index (χ0n) is 17.7. The highest BCUT2D eigenvalue weighted by molar-refractivity contribution is 5.98. The Labute approximate surface area is 190 Å². The molecule has 176 valence electrons. The molecule has 0 spiro atoms. The number of carbonyl (C=O) groups is 1. The van der Waals surface area contributed by atoms with Crippen molar-refractivity contribution in [3.63, 3.8) is 0 Å². The number of ether oxygens (including phenoxy) is 1. The summed E-state index contributed by atoms with van der Waals surface area (Å²) in [5, 5.41) is 6.40. The van der Waals surface area contributed by atoms with Crippen molar-refractivity contribution in [2.75, 3.05) is 5.73 Å². The average molecular weight is 474 g/mol. The number of nitrogens with two attached hydrogens (primary N) is 1. The number of amides is 1. The smallest absolute Gasteiger partial charge is 0.457 e. The number of fused-ring (bicyclic) bond motifs is 1. The third-order valence-electron chi connectivity index (χ3n) is 4.81. The number of hydrogen-bond acceptors (Lipinski definition) is 6. The molecule has 2 heterocycles. The first-order chi connectivity index (χ1) is 16.1. The van der Waals surface area contributed by atoms with Crippen LogP contribution in [0.25, 0.3) is 22.3 Å². The maximum Gasteiger partial charge on any atom is 0.471 e. The summed E-state index contributed by atoms with van der Waals surface area (Å²) in [5.74, 6) is -1.95. The Morgan fingerprint density at radius 1 is 1.15 bits per heavy atom. The lowest BCUT2D eigenvalue weighted by atomic mass is 10.1. The van der Waals surface area contributed by atoms with Crippen LogP contribution in [0.1, 0.15) is 6.92 Å². The van der Waals surface area contributed by atoms with E-state index in [-0.39, 0.29) is 40.4 Å². The molecular weight excluding hydrogens is 456 g/mol. The SMILES string of the molecule is C[C@H](Cn1nc(-c2ccc(Oc3ccccc3)cc2F)c2c(N)ncnc21)NC(=O)C(F)(F)F. The van der Waals surface area contributed by atoms with E-state index >= 15 is 4.39 Å². The molecule has 4 rings (SSSR count). The van der Waals surface area contributed by atoms with Crippen LogP contribution in [0.15, 0.2) is 54.9 Å². The Kier molecular flexibility index (Phi) is 6.05. The van der Waals surface area contributed by atoms with Crippen molar-refractivity contribution in [2.45, 2.75) is 25.7 Å². The Bertz CT molecular complexity index is 1340. The first-order valence-corrected chi connectivity index (χ1v) is 10.0. The molecular formula is C22H18F4N6O2. The first-order valence-electron chi connectivity index (χ1n) is 10.0. The predicted octanol–water partition coefficient (Wildman–Crippen LogP) is 4.07. The van der Waals surface area contributed by atoms with Crippen molar-refractivity contribution in [3.05, 3.63) is 60.7 Å². The number of benzene rings is 2. The van der Waals surface area contributed by atoms with Crippen molar-refractivity contribution < 1.29 is 27.1 Å². The van der Waals surface area contributed by atoms with Gasteiger partial charge < -0.3 is 15.8 Å². The van der Waals surface area contributed by atoms with Gasteiger partial charge in [-0.15, -0.1) is 0 Å². The van der Waals surface area contributed by atoms with Gasteiger partial charge in [-0.05, 0) is 31.2 Å². The summed E-state index contributed by atoms with van der Waals surface area (Å²) in [6.45, 7) is 1.20. The summed E-state index contributed by atoms with van der Waals surface area (Å²) in [7, 11) is 0. The van der Waals surface area contributed by atoms with Gasteiger partial charge in [0.2, 0.25) is 0 Å². The van der Waals surface area contributed by atoms with Crippen molar-refractivity contribution in [1.29, 1.82) is 0 Å². The van der Waals surface area contributed by atoms with Crippen LogP contribution in [0.2, 0.25) is 0 Å². The van der Waals surface area contributed by atoms with Crippen LogP contribution >= 0.6 is 0 Å². The summed E-state index contributed by atoms with van der Waals surface area (Å²) < 4.78 is 59.7. The van der Waals surface area contributed by atoms with Crippen LogP contribution in [0.3, 0.4) is 0 Å². The van der Waals surface area contributed by atoms with Gasteiger partial charge in [0.1, 0.15) is 35.2 Å². The topological polar surface area (TPSA) is 108 Å². The molecule has 1 atom stereocenters. The quantitative estimate of drug-likeness (QED) is 0.408. The summed E-state index contributed by atoms with van der Waals surface area (Å²) in [6.07, 6.45) is -3.86. The molecule has 0 saturated carbocycles. The molecule has 0 fully saturated rings. The standard InChI is InChI=1S/C22H18F4N6O2/c1-12(30-21(33)22(24,25)26)10-32-20-17(19(27)28-11-29-20)18(31-32)15-8-7-14(9-16(15)23)34-13-5-3-2-4-6-13/h2-9,11-12H,10H2,1H3,(H,30,33)(H2,27,28,29)/t12-/m1/s1. The van der Waals surface area contributed by atoms with E-state index in [1.807, 2.05) is 11.4 Å². The summed E-state index contributed by atoms with van der Waals surface area (Å²) in [4.78, 5) is 19.3. The number of para-hydroxylation sites is 1. The van der Waals surface area contributed by atoms with Gasteiger partial charge in [0.05, 0.1) is 11.9 Å². The lowest BCUT2D eigenvalue weighted by molar-refractivity contribution is -0.174. The first kappa shape index (κ1) is 23.0. The van der Waals surface area contributed by atoms with Crippen molar-refractivity contribution >= 4 is 22.8 Å². The van der Waals surface area contributed by atoms with Crippen molar-refractivity contribution in [2.24, 2.45) is 0 Å². The molecule has 0 aliphatic carbocycles. The summed E-state index contributed by atoms with van der Waals surface area (Å²) in [5.41, 5.74) is 6.34. The van der Waals surface area contributed by atoms with Crippen LogP contribution in [0, 0.1) is 5.82 Å². The number of aromatic nitrogens is 4. The third-order valence-corrected chi connectivity index (χ3v) is 4.81. The number of rotatable bonds is 6. The molecule has 0 aliphatic heterocycles. The maximum absolute atomic E-state index is 15.1. The molecule has 4 aromatic rings. The second-order valence-electron chi connectivity index (χ2n) is 7.42. The fraction of sp³-hybridized carbons (Fsp3) is 0.182. The Morgan fingerprint density at radius 2 is 1.88 bits per heavy atom. The van der Waals surface area contributed by atoms with Crippen LogP contribution in [-0.2, 0) is 11.3 Å². The molecule has 2 aromatic heterocycles.